The highest BCUT2D eigenvalue weighted by molar-refractivity contribution is 7.90. The normalized spacial score (nSPS) is 17.8. The van der Waals surface area contributed by atoms with Gasteiger partial charge in [0.25, 0.3) is 0 Å². The summed E-state index contributed by atoms with van der Waals surface area (Å²) in [5.74, 6) is -0.819. The van der Waals surface area contributed by atoms with Crippen molar-refractivity contribution in [1.82, 2.24) is 9.03 Å². The van der Waals surface area contributed by atoms with Crippen LogP contribution in [-0.2, 0) is 20.0 Å². The molecule has 6 nitrogen and oxygen atoms in total. The Morgan fingerprint density at radius 2 is 1.52 bits per heavy atom. The molecule has 23 heavy (non-hydrogen) atoms. The summed E-state index contributed by atoms with van der Waals surface area (Å²) in [6.07, 6.45) is 3.70. The zero-order valence-corrected chi connectivity index (χ0v) is 14.4. The predicted octanol–water partition coefficient (Wildman–Crippen LogP) is 1.31. The van der Waals surface area contributed by atoms with Gasteiger partial charge in [0, 0.05) is 19.6 Å². The van der Waals surface area contributed by atoms with Crippen LogP contribution in [0.4, 0.5) is 4.39 Å². The zero-order valence-electron chi connectivity index (χ0n) is 12.7. The van der Waals surface area contributed by atoms with E-state index < -0.39 is 25.9 Å². The van der Waals surface area contributed by atoms with Gasteiger partial charge >= 0.3 is 0 Å². The van der Waals surface area contributed by atoms with E-state index in [0.29, 0.717) is 13.1 Å². The third-order valence-electron chi connectivity index (χ3n) is 3.73. The van der Waals surface area contributed by atoms with Gasteiger partial charge < -0.3 is 0 Å². The van der Waals surface area contributed by atoms with Gasteiger partial charge in [0.1, 0.15) is 5.82 Å². The molecule has 0 aromatic heterocycles. The number of hydrogen-bond donors (Lipinski definition) is 1. The second-order valence-corrected chi connectivity index (χ2v) is 9.34. The molecule has 0 amide bonds. The van der Waals surface area contributed by atoms with Crippen LogP contribution in [0.2, 0.25) is 0 Å². The Hall–Kier alpha value is -1.03. The third-order valence-corrected chi connectivity index (χ3v) is 7.08. The lowest BCUT2D eigenvalue weighted by Crippen LogP contribution is -2.38. The van der Waals surface area contributed by atoms with Crippen LogP contribution in [0.3, 0.4) is 0 Å². The topological polar surface area (TPSA) is 83.5 Å². The van der Waals surface area contributed by atoms with E-state index in [9.17, 15) is 21.2 Å². The first-order valence-electron chi connectivity index (χ1n) is 7.54. The summed E-state index contributed by atoms with van der Waals surface area (Å²) in [7, 11) is -7.31. The average molecular weight is 364 g/mol. The predicted molar refractivity (Wildman–Crippen MR) is 85.4 cm³/mol. The third kappa shape index (κ3) is 5.23. The molecule has 0 atom stereocenters. The highest BCUT2D eigenvalue weighted by Gasteiger charge is 2.23. The molecule has 1 aliphatic rings. The number of sulfonamides is 2. The first-order chi connectivity index (χ1) is 10.8. The minimum Gasteiger partial charge on any atom is -0.212 e. The van der Waals surface area contributed by atoms with Crippen LogP contribution in [0, 0.1) is 5.82 Å². The summed E-state index contributed by atoms with van der Waals surface area (Å²) >= 11 is 0. The molecule has 130 valence electrons. The van der Waals surface area contributed by atoms with Crippen molar-refractivity contribution in [3.05, 3.63) is 30.1 Å². The van der Waals surface area contributed by atoms with Crippen LogP contribution in [-0.4, -0.2) is 46.5 Å². The Morgan fingerprint density at radius 3 is 2.09 bits per heavy atom. The molecule has 0 unspecified atom stereocenters. The van der Waals surface area contributed by atoms with Gasteiger partial charge in [0.15, 0.2) is 0 Å². The molecular formula is C14H21FN2O4S2. The van der Waals surface area contributed by atoms with E-state index in [1.165, 1.54) is 4.31 Å². The van der Waals surface area contributed by atoms with Gasteiger partial charge in [-0.15, -0.1) is 0 Å². The second kappa shape index (κ2) is 7.69. The number of halogens is 1. The highest BCUT2D eigenvalue weighted by Crippen LogP contribution is 2.14. The van der Waals surface area contributed by atoms with Crippen molar-refractivity contribution in [3.63, 3.8) is 0 Å². The Kier molecular flexibility index (Phi) is 6.12. The van der Waals surface area contributed by atoms with Gasteiger partial charge in [-0.05, 0) is 37.1 Å². The van der Waals surface area contributed by atoms with Gasteiger partial charge in [-0.25, -0.2) is 30.3 Å². The van der Waals surface area contributed by atoms with Gasteiger partial charge in [-0.3, -0.25) is 0 Å². The van der Waals surface area contributed by atoms with E-state index in [1.54, 1.807) is 0 Å². The first-order valence-corrected chi connectivity index (χ1v) is 10.6. The molecule has 1 fully saturated rings. The highest BCUT2D eigenvalue weighted by atomic mass is 32.2. The van der Waals surface area contributed by atoms with E-state index in [0.717, 1.165) is 49.9 Å². The molecule has 0 spiro atoms. The van der Waals surface area contributed by atoms with Gasteiger partial charge in [0.2, 0.25) is 20.0 Å². The molecule has 1 heterocycles. The van der Waals surface area contributed by atoms with Gasteiger partial charge in [-0.2, -0.15) is 0 Å². The lowest BCUT2D eigenvalue weighted by Gasteiger charge is -2.19. The summed E-state index contributed by atoms with van der Waals surface area (Å²) in [6, 6.07) is 4.37. The molecule has 1 saturated heterocycles. The number of rotatable bonds is 6. The quantitative estimate of drug-likeness (QED) is 0.825. The van der Waals surface area contributed by atoms with Crippen molar-refractivity contribution < 1.29 is 21.2 Å². The van der Waals surface area contributed by atoms with Crippen molar-refractivity contribution in [1.29, 1.82) is 0 Å². The number of hydrogen-bond acceptors (Lipinski definition) is 4. The average Bonchev–Trinajstić information content (AvgIpc) is 2.77. The smallest absolute Gasteiger partial charge is 0.212 e. The fraction of sp³-hybridized carbons (Fsp3) is 0.571. The molecule has 0 bridgehead atoms. The van der Waals surface area contributed by atoms with Crippen molar-refractivity contribution in [2.75, 3.05) is 25.4 Å². The van der Waals surface area contributed by atoms with Crippen LogP contribution >= 0.6 is 0 Å². The Labute approximate surface area is 136 Å². The van der Waals surface area contributed by atoms with E-state index in [4.69, 9.17) is 0 Å². The molecule has 1 N–H and O–H groups in total. The van der Waals surface area contributed by atoms with Crippen molar-refractivity contribution in [2.45, 2.75) is 30.6 Å². The lowest BCUT2D eigenvalue weighted by molar-refractivity contribution is 0.423. The maximum absolute atomic E-state index is 12.8. The van der Waals surface area contributed by atoms with E-state index in [1.807, 2.05) is 0 Å². The second-order valence-electron chi connectivity index (χ2n) is 5.48. The molecule has 9 heteroatoms. The van der Waals surface area contributed by atoms with Crippen LogP contribution in [0.25, 0.3) is 0 Å². The molecule has 1 aromatic rings. The first kappa shape index (κ1) is 18.3. The number of nitrogens with zero attached hydrogens (tertiary/aromatic N) is 1. The lowest BCUT2D eigenvalue weighted by atomic mass is 10.2. The van der Waals surface area contributed by atoms with Crippen molar-refractivity contribution >= 4 is 20.0 Å². The fourth-order valence-electron chi connectivity index (χ4n) is 2.45. The van der Waals surface area contributed by atoms with Crippen LogP contribution in [0.15, 0.2) is 29.2 Å². The summed E-state index contributed by atoms with van der Waals surface area (Å²) in [5, 5.41) is 0. The Bertz CT molecular complexity index is 710. The standard InChI is InChI=1S/C14H21FN2O4S2/c15-13-5-7-14(8-6-13)23(20,21)16-9-12-22(18,19)17-10-3-1-2-4-11-17/h5-8,16H,1-4,9-12H2. The minimum absolute atomic E-state index is 0.0916. The fourth-order valence-corrected chi connectivity index (χ4v) is 5.04. The molecule has 1 aromatic carbocycles. The maximum Gasteiger partial charge on any atom is 0.240 e. The Balaban J connectivity index is 1.93. The molecule has 2 rings (SSSR count). The van der Waals surface area contributed by atoms with Crippen molar-refractivity contribution in [2.24, 2.45) is 0 Å². The van der Waals surface area contributed by atoms with Gasteiger partial charge in [-0.1, -0.05) is 12.8 Å². The largest absolute Gasteiger partial charge is 0.240 e. The summed E-state index contributed by atoms with van der Waals surface area (Å²) in [5.41, 5.74) is 0. The number of nitrogens with one attached hydrogen (secondary N) is 1. The van der Waals surface area contributed by atoms with Gasteiger partial charge in [0.05, 0.1) is 10.6 Å². The zero-order chi connectivity index (χ0) is 16.9. The van der Waals surface area contributed by atoms with Crippen molar-refractivity contribution in [3.8, 4) is 0 Å². The molecule has 0 radical (unpaired) electrons. The maximum atomic E-state index is 12.8. The molecule has 0 aliphatic carbocycles. The van der Waals surface area contributed by atoms with Crippen LogP contribution in [0.5, 0.6) is 0 Å². The summed E-state index contributed by atoms with van der Waals surface area (Å²) < 4.78 is 65.0. The molecular weight excluding hydrogens is 343 g/mol. The van der Waals surface area contributed by atoms with E-state index in [2.05, 4.69) is 4.72 Å². The van der Waals surface area contributed by atoms with Crippen LogP contribution in [0.1, 0.15) is 25.7 Å². The SMILES string of the molecule is O=S(=O)(NCCS(=O)(=O)N1CCCCCC1)c1ccc(F)cc1. The summed E-state index contributed by atoms with van der Waals surface area (Å²) in [6.45, 7) is 0.776. The van der Waals surface area contributed by atoms with E-state index in [-0.39, 0.29) is 17.2 Å². The van der Waals surface area contributed by atoms with E-state index >= 15 is 0 Å². The molecule has 0 saturated carbocycles. The monoisotopic (exact) mass is 364 g/mol. The Morgan fingerprint density at radius 1 is 0.957 bits per heavy atom. The number of benzene rings is 1. The summed E-state index contributed by atoms with van der Waals surface area (Å²) in [4.78, 5) is -0.0916. The van der Waals surface area contributed by atoms with Crippen LogP contribution < -0.4 is 4.72 Å². The minimum atomic E-state index is -3.84. The molecule has 1 aliphatic heterocycles.